The van der Waals surface area contributed by atoms with Crippen LogP contribution in [0.4, 0.5) is 4.39 Å². The maximum Gasteiger partial charge on any atom is 0.295 e. The third-order valence-electron chi connectivity index (χ3n) is 6.34. The zero-order valence-electron chi connectivity index (χ0n) is 19.5. The Bertz CT molecular complexity index is 1110. The fourth-order valence-electron chi connectivity index (χ4n) is 4.54. The fourth-order valence-corrected chi connectivity index (χ4v) is 4.54. The van der Waals surface area contributed by atoms with Crippen LogP contribution >= 0.6 is 0 Å². The average Bonchev–Trinajstić information content (AvgIpc) is 3.13. The number of carbonyl (C=O) groups excluding carboxylic acids is 2. The Morgan fingerprint density at radius 1 is 1.17 bits per heavy atom. The molecule has 0 spiro atoms. The molecule has 4 rings (SSSR count). The Kier molecular flexibility index (Phi) is 7.94. The normalized spacial score (nSPS) is 20.3. The molecule has 2 saturated heterocycles. The lowest BCUT2D eigenvalue weighted by Crippen LogP contribution is -3.14. The molecule has 2 fully saturated rings. The molecule has 0 aliphatic carbocycles. The van der Waals surface area contributed by atoms with Gasteiger partial charge in [0, 0.05) is 24.1 Å². The third-order valence-corrected chi connectivity index (χ3v) is 6.34. The largest absolute Gasteiger partial charge is 0.872 e. The molecular weight excluding hydrogens is 451 g/mol. The van der Waals surface area contributed by atoms with E-state index in [1.165, 1.54) is 40.1 Å². The van der Waals surface area contributed by atoms with Gasteiger partial charge in [-0.2, -0.15) is 0 Å². The molecule has 1 unspecified atom stereocenters. The highest BCUT2D eigenvalue weighted by molar-refractivity contribution is 6.46. The van der Waals surface area contributed by atoms with Crippen LogP contribution in [0, 0.1) is 5.82 Å². The van der Waals surface area contributed by atoms with Crippen LogP contribution in [-0.4, -0.2) is 62.6 Å². The molecule has 184 valence electrons. The number of benzene rings is 2. The van der Waals surface area contributed by atoms with Gasteiger partial charge in [-0.1, -0.05) is 48.7 Å². The quantitative estimate of drug-likeness (QED) is 0.250. The summed E-state index contributed by atoms with van der Waals surface area (Å²) in [6.45, 7) is 8.10. The number of hydrogen-bond acceptors (Lipinski definition) is 5. The molecule has 0 aromatic heterocycles. The summed E-state index contributed by atoms with van der Waals surface area (Å²) in [4.78, 5) is 28.8. The highest BCUT2D eigenvalue weighted by Gasteiger charge is 2.44. The van der Waals surface area contributed by atoms with Crippen LogP contribution in [-0.2, 0) is 14.3 Å². The first-order valence-corrected chi connectivity index (χ1v) is 11.8. The van der Waals surface area contributed by atoms with E-state index in [1.807, 2.05) is 0 Å². The molecule has 2 heterocycles. The predicted octanol–water partition coefficient (Wildman–Crippen LogP) is 0.920. The number of nitrogens with zero attached hydrogens (tertiary/aromatic N) is 1. The molecule has 2 aromatic rings. The van der Waals surface area contributed by atoms with Gasteiger partial charge in [-0.25, -0.2) is 4.39 Å². The van der Waals surface area contributed by atoms with E-state index in [-0.39, 0.29) is 23.2 Å². The van der Waals surface area contributed by atoms with E-state index in [2.05, 4.69) is 6.58 Å². The highest BCUT2D eigenvalue weighted by Crippen LogP contribution is 2.39. The number of amides is 1. The highest BCUT2D eigenvalue weighted by atomic mass is 19.1. The van der Waals surface area contributed by atoms with E-state index >= 15 is 0 Å². The lowest BCUT2D eigenvalue weighted by molar-refractivity contribution is -0.908. The molecule has 8 heteroatoms. The SMILES string of the molecule is C=CCOc1ccc(/C([O-])=C2\C(=O)C(=O)N(CCC[NH+]3CCOCC3)C2c2ccccc2F)cc1. The Balaban J connectivity index is 1.65. The third kappa shape index (κ3) is 5.44. The zero-order chi connectivity index (χ0) is 24.8. The summed E-state index contributed by atoms with van der Waals surface area (Å²) in [6, 6.07) is 11.2. The second-order valence-electron chi connectivity index (χ2n) is 8.58. The van der Waals surface area contributed by atoms with Crippen LogP contribution in [0.3, 0.4) is 0 Å². The first kappa shape index (κ1) is 24.6. The Morgan fingerprint density at radius 2 is 1.89 bits per heavy atom. The van der Waals surface area contributed by atoms with E-state index in [0.29, 0.717) is 32.0 Å². The second kappa shape index (κ2) is 11.3. The van der Waals surface area contributed by atoms with Gasteiger partial charge in [-0.05, 0) is 23.8 Å². The number of ether oxygens (including phenoxy) is 2. The van der Waals surface area contributed by atoms with E-state index in [4.69, 9.17) is 9.47 Å². The molecule has 1 atom stereocenters. The molecule has 1 N–H and O–H groups in total. The molecular formula is C27H29FN2O5. The lowest BCUT2D eigenvalue weighted by atomic mass is 9.95. The van der Waals surface area contributed by atoms with Crippen molar-refractivity contribution in [2.45, 2.75) is 12.5 Å². The first-order chi connectivity index (χ1) is 17.0. The van der Waals surface area contributed by atoms with Gasteiger partial charge in [0.25, 0.3) is 5.91 Å². The average molecular weight is 481 g/mol. The van der Waals surface area contributed by atoms with Gasteiger partial charge in [0.1, 0.15) is 31.3 Å². The zero-order valence-corrected chi connectivity index (χ0v) is 19.5. The van der Waals surface area contributed by atoms with Gasteiger partial charge < -0.3 is 24.4 Å². The molecule has 2 aromatic carbocycles. The summed E-state index contributed by atoms with van der Waals surface area (Å²) in [5.41, 5.74) is 0.145. The summed E-state index contributed by atoms with van der Waals surface area (Å²) in [7, 11) is 0. The molecule has 2 aliphatic heterocycles. The maximum atomic E-state index is 14.9. The number of quaternary nitrogens is 1. The van der Waals surface area contributed by atoms with Gasteiger partial charge in [0.05, 0.1) is 25.8 Å². The molecule has 2 aliphatic rings. The van der Waals surface area contributed by atoms with Gasteiger partial charge in [-0.15, -0.1) is 0 Å². The van der Waals surface area contributed by atoms with Crippen molar-refractivity contribution in [1.82, 2.24) is 4.90 Å². The smallest absolute Gasteiger partial charge is 0.295 e. The van der Waals surface area contributed by atoms with Crippen molar-refractivity contribution in [2.75, 3.05) is 46.0 Å². The van der Waals surface area contributed by atoms with Gasteiger partial charge in [0.2, 0.25) is 5.78 Å². The van der Waals surface area contributed by atoms with Gasteiger partial charge >= 0.3 is 0 Å². The summed E-state index contributed by atoms with van der Waals surface area (Å²) >= 11 is 0. The molecule has 0 bridgehead atoms. The molecule has 1 amide bonds. The van der Waals surface area contributed by atoms with Gasteiger partial charge in [-0.3, -0.25) is 9.59 Å². The standard InChI is InChI=1S/C27H29FN2O5/c1-2-16-35-20-10-8-19(9-11-20)25(31)23-24(21-6-3-4-7-22(21)28)30(27(33)26(23)32)13-5-12-29-14-17-34-18-15-29/h2-4,6-11,24,31H,1,5,12-18H2/b25-23+. The minimum absolute atomic E-state index is 0.139. The number of likely N-dealkylation sites (tertiary alicyclic amines) is 1. The minimum Gasteiger partial charge on any atom is -0.872 e. The lowest BCUT2D eigenvalue weighted by Gasteiger charge is -2.29. The van der Waals surface area contributed by atoms with Crippen molar-refractivity contribution in [3.05, 3.63) is 83.7 Å². The monoisotopic (exact) mass is 480 g/mol. The van der Waals surface area contributed by atoms with Crippen LogP contribution in [0.25, 0.3) is 5.76 Å². The van der Waals surface area contributed by atoms with Crippen molar-refractivity contribution in [3.8, 4) is 5.75 Å². The summed E-state index contributed by atoms with van der Waals surface area (Å²) < 4.78 is 25.7. The second-order valence-corrected chi connectivity index (χ2v) is 8.58. The van der Waals surface area contributed by atoms with E-state index in [9.17, 15) is 19.1 Å². The van der Waals surface area contributed by atoms with Crippen LogP contribution < -0.4 is 14.7 Å². The number of nitrogens with one attached hydrogen (secondary N) is 1. The number of carbonyl (C=O) groups is 2. The molecule has 0 saturated carbocycles. The Morgan fingerprint density at radius 3 is 2.57 bits per heavy atom. The summed E-state index contributed by atoms with van der Waals surface area (Å²) in [5, 5.41) is 13.5. The Hall–Kier alpha value is -3.49. The molecule has 35 heavy (non-hydrogen) atoms. The maximum absolute atomic E-state index is 14.9. The fraction of sp³-hybridized carbons (Fsp3) is 0.333. The summed E-state index contributed by atoms with van der Waals surface area (Å²) in [5.74, 6) is -2.27. The van der Waals surface area contributed by atoms with Crippen molar-refractivity contribution >= 4 is 17.4 Å². The minimum atomic E-state index is -1.07. The van der Waals surface area contributed by atoms with E-state index in [1.54, 1.807) is 24.3 Å². The van der Waals surface area contributed by atoms with Crippen LogP contribution in [0.15, 0.2) is 66.8 Å². The Labute approximate surface area is 204 Å². The van der Waals surface area contributed by atoms with Crippen molar-refractivity contribution in [1.29, 1.82) is 0 Å². The number of halogens is 1. The van der Waals surface area contributed by atoms with Crippen molar-refractivity contribution < 1.29 is 33.5 Å². The summed E-state index contributed by atoms with van der Waals surface area (Å²) in [6.07, 6.45) is 2.22. The van der Waals surface area contributed by atoms with E-state index in [0.717, 1.165) is 19.6 Å². The van der Waals surface area contributed by atoms with Crippen molar-refractivity contribution in [2.24, 2.45) is 0 Å². The molecule has 0 radical (unpaired) electrons. The van der Waals surface area contributed by atoms with Crippen LogP contribution in [0.2, 0.25) is 0 Å². The van der Waals surface area contributed by atoms with Crippen molar-refractivity contribution in [3.63, 3.8) is 0 Å². The number of ketones is 1. The number of Topliss-reactive ketones (excluding diaryl/α,β-unsaturated/α-hetero) is 1. The topological polar surface area (TPSA) is 83.3 Å². The number of hydrogen-bond donors (Lipinski definition) is 1. The number of morpholine rings is 1. The predicted molar refractivity (Wildman–Crippen MR) is 126 cm³/mol. The van der Waals surface area contributed by atoms with Gasteiger partial charge in [0.15, 0.2) is 0 Å². The number of rotatable bonds is 9. The molecule has 7 nitrogen and oxygen atoms in total. The van der Waals surface area contributed by atoms with E-state index < -0.39 is 29.3 Å². The van der Waals surface area contributed by atoms with Crippen LogP contribution in [0.5, 0.6) is 5.75 Å². The first-order valence-electron chi connectivity index (χ1n) is 11.8. The van der Waals surface area contributed by atoms with Crippen LogP contribution in [0.1, 0.15) is 23.6 Å².